The van der Waals surface area contributed by atoms with Gasteiger partial charge in [-0.2, -0.15) is 0 Å². The minimum atomic E-state index is -3.87. The molecule has 0 radical (unpaired) electrons. The Morgan fingerprint density at radius 1 is 0.812 bits per heavy atom. The summed E-state index contributed by atoms with van der Waals surface area (Å²) >= 11 is 0. The molecule has 1 aliphatic carbocycles. The fourth-order valence-corrected chi connectivity index (χ4v) is 4.67. The lowest BCUT2D eigenvalue weighted by Crippen LogP contribution is -2.23. The number of benzene rings is 3. The SMILES string of the molecule is Cc1ccc(C(=O)[C@@H]2C[C@H]2C(=O)/C=C(\NS(=O)(=O)c2ccccc2)c2ccccc2)cc1. The monoisotopic (exact) mass is 445 g/mol. The second-order valence-corrected chi connectivity index (χ2v) is 9.61. The zero-order valence-corrected chi connectivity index (χ0v) is 18.4. The largest absolute Gasteiger partial charge is 0.294 e. The highest BCUT2D eigenvalue weighted by molar-refractivity contribution is 7.89. The van der Waals surface area contributed by atoms with Crippen LogP contribution in [0.15, 0.2) is 95.9 Å². The summed E-state index contributed by atoms with van der Waals surface area (Å²) in [5.41, 5.74) is 2.41. The lowest BCUT2D eigenvalue weighted by Gasteiger charge is -2.12. The lowest BCUT2D eigenvalue weighted by atomic mass is 10.0. The number of carbonyl (C=O) groups excluding carboxylic acids is 2. The van der Waals surface area contributed by atoms with Crippen LogP contribution in [0.25, 0.3) is 5.70 Å². The van der Waals surface area contributed by atoms with Gasteiger partial charge >= 0.3 is 0 Å². The van der Waals surface area contributed by atoms with Crippen molar-refractivity contribution in [1.82, 2.24) is 4.72 Å². The molecule has 0 spiro atoms. The molecule has 1 aliphatic rings. The molecule has 3 aromatic carbocycles. The van der Waals surface area contributed by atoms with E-state index in [1.54, 1.807) is 54.6 Å². The number of ketones is 2. The number of sulfonamides is 1. The maximum absolute atomic E-state index is 12.9. The summed E-state index contributed by atoms with van der Waals surface area (Å²) in [5.74, 6) is -1.12. The first-order chi connectivity index (χ1) is 15.3. The van der Waals surface area contributed by atoms with Crippen molar-refractivity contribution in [3.05, 3.63) is 108 Å². The van der Waals surface area contributed by atoms with Crippen LogP contribution >= 0.6 is 0 Å². The third-order valence-electron chi connectivity index (χ3n) is 5.50. The molecule has 6 heteroatoms. The fourth-order valence-electron chi connectivity index (χ4n) is 3.57. The Hall–Kier alpha value is -3.51. The maximum atomic E-state index is 12.9. The van der Waals surface area contributed by atoms with E-state index in [1.807, 2.05) is 25.1 Å². The van der Waals surface area contributed by atoms with E-state index in [0.29, 0.717) is 17.5 Å². The van der Waals surface area contributed by atoms with E-state index in [1.165, 1.54) is 18.2 Å². The van der Waals surface area contributed by atoms with E-state index >= 15 is 0 Å². The van der Waals surface area contributed by atoms with Crippen LogP contribution in [0.5, 0.6) is 0 Å². The van der Waals surface area contributed by atoms with Gasteiger partial charge in [0.15, 0.2) is 11.6 Å². The van der Waals surface area contributed by atoms with E-state index < -0.39 is 15.9 Å². The third-order valence-corrected chi connectivity index (χ3v) is 6.88. The van der Waals surface area contributed by atoms with Crippen molar-refractivity contribution >= 4 is 27.3 Å². The van der Waals surface area contributed by atoms with Crippen LogP contribution < -0.4 is 4.72 Å². The van der Waals surface area contributed by atoms with E-state index in [0.717, 1.165) is 5.56 Å². The van der Waals surface area contributed by atoms with Crippen LogP contribution in [0.3, 0.4) is 0 Å². The molecular weight excluding hydrogens is 422 g/mol. The molecule has 1 saturated carbocycles. The highest BCUT2D eigenvalue weighted by Gasteiger charge is 2.47. The summed E-state index contributed by atoms with van der Waals surface area (Å²) in [6.45, 7) is 1.95. The fraction of sp³-hybridized carbons (Fsp3) is 0.154. The topological polar surface area (TPSA) is 80.3 Å². The standard InChI is InChI=1S/C26H23NO4S/c1-18-12-14-20(15-13-18)26(29)23-16-22(23)25(28)17-24(19-8-4-2-5-9-19)27-32(30,31)21-10-6-3-7-11-21/h2-15,17,22-23,27H,16H2,1H3/b24-17-/t22-,23-/m1/s1. The van der Waals surface area contributed by atoms with Crippen LogP contribution in [0.1, 0.15) is 27.9 Å². The van der Waals surface area contributed by atoms with Gasteiger partial charge in [0.25, 0.3) is 10.0 Å². The molecule has 5 nitrogen and oxygen atoms in total. The second kappa shape index (κ2) is 8.93. The van der Waals surface area contributed by atoms with Crippen LogP contribution in [0.4, 0.5) is 0 Å². The van der Waals surface area contributed by atoms with Crippen molar-refractivity contribution in [3.8, 4) is 0 Å². The minimum Gasteiger partial charge on any atom is -0.294 e. The molecule has 0 saturated heterocycles. The summed E-state index contributed by atoms with van der Waals surface area (Å²) in [4.78, 5) is 25.8. The van der Waals surface area contributed by atoms with Gasteiger partial charge in [0.2, 0.25) is 0 Å². The third kappa shape index (κ3) is 4.86. The molecule has 3 aromatic rings. The Bertz CT molecular complexity index is 1260. The maximum Gasteiger partial charge on any atom is 0.261 e. The van der Waals surface area contributed by atoms with Gasteiger partial charge in [0.1, 0.15) is 0 Å². The minimum absolute atomic E-state index is 0.0529. The number of rotatable bonds is 8. The summed E-state index contributed by atoms with van der Waals surface area (Å²) in [6.07, 6.45) is 1.78. The molecule has 0 unspecified atom stereocenters. The van der Waals surface area contributed by atoms with Gasteiger partial charge in [-0.25, -0.2) is 8.42 Å². The average molecular weight is 446 g/mol. The first-order valence-corrected chi connectivity index (χ1v) is 11.8. The van der Waals surface area contributed by atoms with E-state index in [2.05, 4.69) is 4.72 Å². The molecule has 4 rings (SSSR count). The van der Waals surface area contributed by atoms with Crippen LogP contribution in [0, 0.1) is 18.8 Å². The molecule has 0 heterocycles. The van der Waals surface area contributed by atoms with Gasteiger partial charge in [-0.1, -0.05) is 78.4 Å². The average Bonchev–Trinajstić information content (AvgIpc) is 3.61. The van der Waals surface area contributed by atoms with Crippen molar-refractivity contribution in [2.75, 3.05) is 0 Å². The Morgan fingerprint density at radius 3 is 2.03 bits per heavy atom. The first kappa shape index (κ1) is 21.7. The Labute approximate surface area is 187 Å². The number of allylic oxidation sites excluding steroid dienone is 1. The molecule has 162 valence electrons. The summed E-state index contributed by atoms with van der Waals surface area (Å²) in [7, 11) is -3.87. The lowest BCUT2D eigenvalue weighted by molar-refractivity contribution is -0.115. The molecule has 1 fully saturated rings. The Morgan fingerprint density at radius 2 is 1.41 bits per heavy atom. The highest BCUT2D eigenvalue weighted by atomic mass is 32.2. The van der Waals surface area contributed by atoms with Gasteiger partial charge in [-0.15, -0.1) is 0 Å². The molecule has 0 amide bonds. The predicted octanol–water partition coefficient (Wildman–Crippen LogP) is 4.40. The van der Waals surface area contributed by atoms with Crippen LogP contribution in [0.2, 0.25) is 0 Å². The summed E-state index contributed by atoms with van der Waals surface area (Å²) in [5, 5.41) is 0. The molecule has 0 aliphatic heterocycles. The second-order valence-electron chi connectivity index (χ2n) is 7.92. The molecule has 32 heavy (non-hydrogen) atoms. The number of aryl methyl sites for hydroxylation is 1. The van der Waals surface area contributed by atoms with Crippen molar-refractivity contribution in [1.29, 1.82) is 0 Å². The Kier molecular flexibility index (Phi) is 6.06. The number of Topliss-reactive ketones (excluding diaryl/α,β-unsaturated/α-hetero) is 1. The van der Waals surface area contributed by atoms with Crippen molar-refractivity contribution in [3.63, 3.8) is 0 Å². The molecule has 2 atom stereocenters. The Balaban J connectivity index is 1.57. The van der Waals surface area contributed by atoms with Gasteiger partial charge < -0.3 is 0 Å². The van der Waals surface area contributed by atoms with Gasteiger partial charge in [-0.05, 0) is 31.0 Å². The zero-order valence-electron chi connectivity index (χ0n) is 17.6. The van der Waals surface area contributed by atoms with Crippen LogP contribution in [-0.2, 0) is 14.8 Å². The van der Waals surface area contributed by atoms with E-state index in [9.17, 15) is 18.0 Å². The van der Waals surface area contributed by atoms with Gasteiger partial charge in [-0.3, -0.25) is 14.3 Å². The first-order valence-electron chi connectivity index (χ1n) is 10.3. The van der Waals surface area contributed by atoms with Gasteiger partial charge in [0, 0.05) is 23.5 Å². The predicted molar refractivity (Wildman–Crippen MR) is 123 cm³/mol. The normalized spacial score (nSPS) is 18.1. The van der Waals surface area contributed by atoms with Gasteiger partial charge in [0.05, 0.1) is 10.6 Å². The smallest absolute Gasteiger partial charge is 0.261 e. The summed E-state index contributed by atoms with van der Waals surface area (Å²) in [6, 6.07) is 24.1. The number of carbonyl (C=O) groups is 2. The van der Waals surface area contributed by atoms with E-state index in [4.69, 9.17) is 0 Å². The van der Waals surface area contributed by atoms with Crippen molar-refractivity contribution in [2.24, 2.45) is 11.8 Å². The van der Waals surface area contributed by atoms with Crippen LogP contribution in [-0.4, -0.2) is 20.0 Å². The number of hydrogen-bond donors (Lipinski definition) is 1. The molecule has 0 bridgehead atoms. The molecular formula is C26H23NO4S. The van der Waals surface area contributed by atoms with E-state index in [-0.39, 0.29) is 28.1 Å². The zero-order chi connectivity index (χ0) is 22.7. The number of nitrogens with one attached hydrogen (secondary N) is 1. The number of hydrogen-bond acceptors (Lipinski definition) is 4. The highest BCUT2D eigenvalue weighted by Crippen LogP contribution is 2.42. The molecule has 0 aromatic heterocycles. The molecule has 1 N–H and O–H groups in total. The quantitative estimate of drug-likeness (QED) is 0.412. The van der Waals surface area contributed by atoms with Crippen molar-refractivity contribution in [2.45, 2.75) is 18.2 Å². The summed E-state index contributed by atoms with van der Waals surface area (Å²) < 4.78 is 28.3. The van der Waals surface area contributed by atoms with Crippen molar-refractivity contribution < 1.29 is 18.0 Å².